The molecule has 0 fully saturated rings. The second kappa shape index (κ2) is 10.4. The highest BCUT2D eigenvalue weighted by Gasteiger charge is 1.98. The van der Waals surface area contributed by atoms with Gasteiger partial charge in [0.05, 0.1) is 0 Å². The molecule has 0 aromatic carbocycles. The Morgan fingerprint density at radius 3 is 2.50 bits per heavy atom. The van der Waals surface area contributed by atoms with E-state index in [1.165, 1.54) is 0 Å². The van der Waals surface area contributed by atoms with Gasteiger partial charge in [0.2, 0.25) is 5.91 Å². The van der Waals surface area contributed by atoms with Crippen molar-refractivity contribution in [2.75, 3.05) is 26.2 Å². The van der Waals surface area contributed by atoms with Crippen molar-refractivity contribution in [3.63, 3.8) is 0 Å². The zero-order valence-corrected chi connectivity index (χ0v) is 10.7. The van der Waals surface area contributed by atoms with Gasteiger partial charge >= 0.3 is 0 Å². The van der Waals surface area contributed by atoms with Crippen molar-refractivity contribution >= 4 is 5.91 Å². The molecule has 1 amide bonds. The van der Waals surface area contributed by atoms with Crippen LogP contribution in [-0.2, 0) is 4.79 Å². The first kappa shape index (κ1) is 14.9. The smallest absolute Gasteiger partial charge is 0.243 e. The number of carbonyl (C=O) groups is 1. The van der Waals surface area contributed by atoms with Crippen LogP contribution in [-0.4, -0.2) is 37.0 Å². The molecule has 0 spiro atoms. The SMILES string of the molecule is C/C=C/C=C/C(=O)NCCCN(CC)CC. The fourth-order valence-electron chi connectivity index (χ4n) is 1.37. The van der Waals surface area contributed by atoms with Crippen molar-refractivity contribution in [1.29, 1.82) is 0 Å². The molecule has 16 heavy (non-hydrogen) atoms. The van der Waals surface area contributed by atoms with E-state index in [0.29, 0.717) is 0 Å². The van der Waals surface area contributed by atoms with Gasteiger partial charge in [0.15, 0.2) is 0 Å². The van der Waals surface area contributed by atoms with Crippen LogP contribution in [0.15, 0.2) is 24.3 Å². The molecule has 0 aromatic heterocycles. The number of nitrogens with zero attached hydrogens (tertiary/aromatic N) is 1. The summed E-state index contributed by atoms with van der Waals surface area (Å²) in [5.74, 6) is -0.0161. The summed E-state index contributed by atoms with van der Waals surface area (Å²) in [6.07, 6.45) is 8.04. The average molecular weight is 224 g/mol. The van der Waals surface area contributed by atoms with E-state index < -0.39 is 0 Å². The maximum absolute atomic E-state index is 11.3. The molecule has 0 heterocycles. The minimum atomic E-state index is -0.0161. The molecule has 0 rings (SSSR count). The van der Waals surface area contributed by atoms with E-state index in [4.69, 9.17) is 0 Å². The standard InChI is InChI=1S/C13H24N2O/c1-4-7-8-10-13(16)14-11-9-12-15(5-2)6-3/h4,7-8,10H,5-6,9,11-12H2,1-3H3,(H,14,16)/b7-4+,10-8+. The molecule has 0 saturated carbocycles. The quantitative estimate of drug-likeness (QED) is 0.388. The Hall–Kier alpha value is -1.09. The third-order valence-electron chi connectivity index (χ3n) is 2.40. The summed E-state index contributed by atoms with van der Waals surface area (Å²) in [6, 6.07) is 0. The van der Waals surface area contributed by atoms with Gasteiger partial charge in [-0.15, -0.1) is 0 Å². The van der Waals surface area contributed by atoms with Crippen molar-refractivity contribution in [3.05, 3.63) is 24.3 Å². The first-order valence-electron chi connectivity index (χ1n) is 6.04. The van der Waals surface area contributed by atoms with Crippen molar-refractivity contribution < 1.29 is 4.79 Å². The Labute approximate surface area is 99.2 Å². The van der Waals surface area contributed by atoms with E-state index in [1.54, 1.807) is 12.2 Å². The Kier molecular flexibility index (Phi) is 9.72. The van der Waals surface area contributed by atoms with E-state index in [-0.39, 0.29) is 5.91 Å². The molecule has 0 saturated heterocycles. The van der Waals surface area contributed by atoms with E-state index in [0.717, 1.165) is 32.6 Å². The summed E-state index contributed by atoms with van der Waals surface area (Å²) < 4.78 is 0. The molecule has 0 bridgehead atoms. The summed E-state index contributed by atoms with van der Waals surface area (Å²) in [4.78, 5) is 13.6. The fourth-order valence-corrected chi connectivity index (χ4v) is 1.37. The maximum atomic E-state index is 11.3. The molecule has 3 nitrogen and oxygen atoms in total. The molecule has 3 heteroatoms. The summed E-state index contributed by atoms with van der Waals surface area (Å²) >= 11 is 0. The zero-order valence-electron chi connectivity index (χ0n) is 10.7. The number of carbonyl (C=O) groups excluding carboxylic acids is 1. The molecular weight excluding hydrogens is 200 g/mol. The Morgan fingerprint density at radius 2 is 1.94 bits per heavy atom. The zero-order chi connectivity index (χ0) is 12.2. The van der Waals surface area contributed by atoms with Crippen molar-refractivity contribution in [3.8, 4) is 0 Å². The predicted octanol–water partition coefficient (Wildman–Crippen LogP) is 1.97. The monoisotopic (exact) mass is 224 g/mol. The molecule has 92 valence electrons. The summed E-state index contributed by atoms with van der Waals surface area (Å²) in [6.45, 7) is 10.2. The lowest BCUT2D eigenvalue weighted by atomic mass is 10.3. The lowest BCUT2D eigenvalue weighted by Crippen LogP contribution is -2.29. The van der Waals surface area contributed by atoms with Crippen LogP contribution in [0.3, 0.4) is 0 Å². The molecule has 0 aliphatic rings. The van der Waals surface area contributed by atoms with Crippen molar-refractivity contribution in [2.24, 2.45) is 0 Å². The molecule has 0 unspecified atom stereocenters. The Morgan fingerprint density at radius 1 is 1.25 bits per heavy atom. The number of rotatable bonds is 8. The van der Waals surface area contributed by atoms with Gasteiger partial charge in [0.25, 0.3) is 0 Å². The topological polar surface area (TPSA) is 32.3 Å². The number of hydrogen-bond donors (Lipinski definition) is 1. The van der Waals surface area contributed by atoms with Crippen LogP contribution in [0.25, 0.3) is 0 Å². The van der Waals surface area contributed by atoms with Crippen LogP contribution in [0.5, 0.6) is 0 Å². The van der Waals surface area contributed by atoms with Gasteiger partial charge in [-0.05, 0) is 33.0 Å². The van der Waals surface area contributed by atoms with E-state index in [2.05, 4.69) is 24.1 Å². The van der Waals surface area contributed by atoms with E-state index in [9.17, 15) is 4.79 Å². The van der Waals surface area contributed by atoms with Gasteiger partial charge < -0.3 is 10.2 Å². The van der Waals surface area contributed by atoms with Gasteiger partial charge in [0.1, 0.15) is 0 Å². The van der Waals surface area contributed by atoms with Crippen LogP contribution in [0, 0.1) is 0 Å². The third kappa shape index (κ3) is 8.24. The van der Waals surface area contributed by atoms with Crippen LogP contribution < -0.4 is 5.32 Å². The van der Waals surface area contributed by atoms with Gasteiger partial charge in [-0.25, -0.2) is 0 Å². The summed E-state index contributed by atoms with van der Waals surface area (Å²) in [7, 11) is 0. The lowest BCUT2D eigenvalue weighted by Gasteiger charge is -2.17. The molecule has 0 aromatic rings. The minimum Gasteiger partial charge on any atom is -0.353 e. The fraction of sp³-hybridized carbons (Fsp3) is 0.615. The molecule has 0 aliphatic carbocycles. The molecule has 0 radical (unpaired) electrons. The van der Waals surface area contributed by atoms with Crippen LogP contribution in [0.4, 0.5) is 0 Å². The number of amides is 1. The van der Waals surface area contributed by atoms with Gasteiger partial charge in [0, 0.05) is 12.6 Å². The van der Waals surface area contributed by atoms with Crippen LogP contribution in [0.1, 0.15) is 27.2 Å². The number of hydrogen-bond acceptors (Lipinski definition) is 2. The largest absolute Gasteiger partial charge is 0.353 e. The molecule has 0 atom stereocenters. The van der Waals surface area contributed by atoms with Crippen LogP contribution in [0.2, 0.25) is 0 Å². The van der Waals surface area contributed by atoms with Gasteiger partial charge in [-0.3, -0.25) is 4.79 Å². The highest BCUT2D eigenvalue weighted by molar-refractivity contribution is 5.87. The Bertz CT molecular complexity index is 230. The second-order valence-electron chi connectivity index (χ2n) is 3.56. The average Bonchev–Trinajstić information content (AvgIpc) is 2.30. The first-order valence-corrected chi connectivity index (χ1v) is 6.04. The highest BCUT2D eigenvalue weighted by atomic mass is 16.1. The normalized spacial score (nSPS) is 11.8. The van der Waals surface area contributed by atoms with E-state index >= 15 is 0 Å². The Balaban J connectivity index is 3.54. The third-order valence-corrected chi connectivity index (χ3v) is 2.40. The highest BCUT2D eigenvalue weighted by Crippen LogP contribution is 1.89. The molecule has 0 aliphatic heterocycles. The van der Waals surface area contributed by atoms with E-state index in [1.807, 2.05) is 19.1 Å². The minimum absolute atomic E-state index is 0.0161. The second-order valence-corrected chi connectivity index (χ2v) is 3.56. The lowest BCUT2D eigenvalue weighted by molar-refractivity contribution is -0.116. The molecule has 1 N–H and O–H groups in total. The predicted molar refractivity (Wildman–Crippen MR) is 69.4 cm³/mol. The van der Waals surface area contributed by atoms with Gasteiger partial charge in [-0.1, -0.05) is 32.1 Å². The first-order chi connectivity index (χ1) is 7.74. The van der Waals surface area contributed by atoms with Gasteiger partial charge in [-0.2, -0.15) is 0 Å². The van der Waals surface area contributed by atoms with Crippen LogP contribution >= 0.6 is 0 Å². The summed E-state index contributed by atoms with van der Waals surface area (Å²) in [5, 5.41) is 2.86. The maximum Gasteiger partial charge on any atom is 0.243 e. The van der Waals surface area contributed by atoms with Crippen molar-refractivity contribution in [2.45, 2.75) is 27.2 Å². The summed E-state index contributed by atoms with van der Waals surface area (Å²) in [5.41, 5.74) is 0. The number of allylic oxidation sites excluding steroid dienone is 3. The number of nitrogens with one attached hydrogen (secondary N) is 1. The molecular formula is C13H24N2O. The van der Waals surface area contributed by atoms with Crippen molar-refractivity contribution in [1.82, 2.24) is 10.2 Å².